The van der Waals surface area contributed by atoms with Gasteiger partial charge in [0, 0.05) is 29.7 Å². The number of carbonyl (C=O) groups is 1. The van der Waals surface area contributed by atoms with Crippen LogP contribution in [0, 0.1) is 0 Å². The summed E-state index contributed by atoms with van der Waals surface area (Å²) in [5.41, 5.74) is 2.29. The van der Waals surface area contributed by atoms with Gasteiger partial charge in [-0.25, -0.2) is 4.79 Å². The lowest BCUT2D eigenvalue weighted by Gasteiger charge is -2.31. The van der Waals surface area contributed by atoms with Gasteiger partial charge in [-0.2, -0.15) is 0 Å². The second-order valence-electron chi connectivity index (χ2n) is 9.40. The van der Waals surface area contributed by atoms with Crippen molar-refractivity contribution in [1.29, 1.82) is 0 Å². The van der Waals surface area contributed by atoms with Crippen LogP contribution in [0.4, 0.5) is 4.79 Å². The summed E-state index contributed by atoms with van der Waals surface area (Å²) in [6.45, 7) is 6.65. The van der Waals surface area contributed by atoms with Gasteiger partial charge in [-0.1, -0.05) is 30.2 Å². The molecule has 1 aliphatic carbocycles. The molecule has 3 unspecified atom stereocenters. The van der Waals surface area contributed by atoms with Crippen LogP contribution >= 0.6 is 11.6 Å². The van der Waals surface area contributed by atoms with E-state index >= 15 is 0 Å². The molecule has 0 radical (unpaired) electrons. The van der Waals surface area contributed by atoms with Crippen LogP contribution in [0.3, 0.4) is 0 Å². The highest BCUT2D eigenvalue weighted by atomic mass is 35.5. The topological polar surface area (TPSA) is 41.6 Å². The van der Waals surface area contributed by atoms with E-state index in [1.54, 1.807) is 0 Å². The van der Waals surface area contributed by atoms with Crippen LogP contribution in [0.25, 0.3) is 0 Å². The van der Waals surface area contributed by atoms with E-state index in [-0.39, 0.29) is 12.1 Å². The van der Waals surface area contributed by atoms with Gasteiger partial charge in [-0.3, -0.25) is 4.90 Å². The van der Waals surface area contributed by atoms with E-state index in [0.29, 0.717) is 18.0 Å². The van der Waals surface area contributed by atoms with Gasteiger partial charge < -0.3 is 10.1 Å². The molecule has 1 aromatic carbocycles. The summed E-state index contributed by atoms with van der Waals surface area (Å²) in [5.74, 6) is 0.629. The molecule has 5 heteroatoms. The molecular weight excluding hydrogens is 360 g/mol. The SMILES string of the molecule is CC(C)(C)OC(=O)NC1CC2CCC1N2Cc1cccc(Cl)c1C1CCC1. The van der Waals surface area contributed by atoms with E-state index in [1.165, 1.54) is 36.8 Å². The number of fused-ring (bicyclic) bond motifs is 2. The number of benzene rings is 1. The Kier molecular flexibility index (Phi) is 5.15. The van der Waals surface area contributed by atoms with Crippen molar-refractivity contribution in [3.8, 4) is 0 Å². The molecule has 1 saturated carbocycles. The molecule has 4 nitrogen and oxygen atoms in total. The third kappa shape index (κ3) is 3.97. The molecule has 2 aliphatic heterocycles. The lowest BCUT2D eigenvalue weighted by atomic mass is 9.78. The van der Waals surface area contributed by atoms with Crippen LogP contribution in [0.1, 0.15) is 76.3 Å². The number of nitrogens with one attached hydrogen (secondary N) is 1. The summed E-state index contributed by atoms with van der Waals surface area (Å²) in [6.07, 6.45) is 6.91. The number of carbonyl (C=O) groups excluding carboxylic acids is 1. The standard InChI is InChI=1S/C22H31ClN2O2/c1-22(2,3)27-21(26)24-18-12-16-10-11-19(18)25(16)13-15-8-5-9-17(23)20(15)14-6-4-7-14/h5,8-9,14,16,18-19H,4,6-7,10-13H2,1-3H3,(H,24,26). The van der Waals surface area contributed by atoms with Crippen LogP contribution in [0.15, 0.2) is 18.2 Å². The molecule has 3 fully saturated rings. The van der Waals surface area contributed by atoms with Crippen molar-refractivity contribution in [3.63, 3.8) is 0 Å². The average molecular weight is 391 g/mol. The predicted molar refractivity (Wildman–Crippen MR) is 108 cm³/mol. The maximum Gasteiger partial charge on any atom is 0.407 e. The number of amides is 1. The Labute approximate surface area is 167 Å². The molecule has 4 rings (SSSR count). The largest absolute Gasteiger partial charge is 0.444 e. The minimum atomic E-state index is -0.458. The first-order chi connectivity index (χ1) is 12.8. The molecule has 0 spiro atoms. The minimum absolute atomic E-state index is 0.185. The molecule has 1 amide bonds. The van der Waals surface area contributed by atoms with Crippen molar-refractivity contribution in [3.05, 3.63) is 34.3 Å². The molecular formula is C22H31ClN2O2. The smallest absolute Gasteiger partial charge is 0.407 e. The predicted octanol–water partition coefficient (Wildman–Crippen LogP) is 5.24. The Balaban J connectivity index is 1.45. The van der Waals surface area contributed by atoms with Gasteiger partial charge in [0.2, 0.25) is 0 Å². The molecule has 2 heterocycles. The summed E-state index contributed by atoms with van der Waals surface area (Å²) in [4.78, 5) is 14.8. The number of ether oxygens (including phenoxy) is 1. The Bertz CT molecular complexity index is 711. The highest BCUT2D eigenvalue weighted by molar-refractivity contribution is 6.31. The van der Waals surface area contributed by atoms with E-state index in [9.17, 15) is 4.79 Å². The van der Waals surface area contributed by atoms with Crippen molar-refractivity contribution < 1.29 is 9.53 Å². The van der Waals surface area contributed by atoms with Gasteiger partial charge in [0.15, 0.2) is 0 Å². The maximum absolute atomic E-state index is 12.2. The number of nitrogens with zero attached hydrogens (tertiary/aromatic N) is 1. The van der Waals surface area contributed by atoms with Crippen LogP contribution in [0.5, 0.6) is 0 Å². The summed E-state index contributed by atoms with van der Waals surface area (Å²) in [5, 5.41) is 4.05. The molecule has 2 bridgehead atoms. The molecule has 3 aliphatic rings. The van der Waals surface area contributed by atoms with Crippen molar-refractivity contribution in [2.75, 3.05) is 0 Å². The van der Waals surface area contributed by atoms with Gasteiger partial charge in [0.05, 0.1) is 0 Å². The van der Waals surface area contributed by atoms with Crippen molar-refractivity contribution in [2.24, 2.45) is 0 Å². The molecule has 1 aromatic rings. The number of hydrogen-bond donors (Lipinski definition) is 1. The van der Waals surface area contributed by atoms with Gasteiger partial charge in [-0.15, -0.1) is 0 Å². The summed E-state index contributed by atoms with van der Waals surface area (Å²) in [6, 6.07) is 7.48. The van der Waals surface area contributed by atoms with Crippen molar-refractivity contribution in [1.82, 2.24) is 10.2 Å². The molecule has 2 saturated heterocycles. The number of hydrogen-bond acceptors (Lipinski definition) is 3. The third-order valence-corrected chi connectivity index (χ3v) is 6.72. The first-order valence-electron chi connectivity index (χ1n) is 10.3. The first-order valence-corrected chi connectivity index (χ1v) is 10.7. The fourth-order valence-electron chi connectivity index (χ4n) is 5.03. The zero-order valence-electron chi connectivity index (χ0n) is 16.6. The van der Waals surface area contributed by atoms with Gasteiger partial charge in [0.25, 0.3) is 0 Å². The first kappa shape index (κ1) is 19.1. The Hall–Kier alpha value is -1.26. The summed E-state index contributed by atoms with van der Waals surface area (Å²) in [7, 11) is 0. The third-order valence-electron chi connectivity index (χ3n) is 6.39. The lowest BCUT2D eigenvalue weighted by Crippen LogP contribution is -2.45. The molecule has 1 N–H and O–H groups in total. The van der Waals surface area contributed by atoms with Gasteiger partial charge in [0.1, 0.15) is 5.60 Å². The van der Waals surface area contributed by atoms with E-state index in [0.717, 1.165) is 24.4 Å². The molecule has 3 atom stereocenters. The zero-order valence-corrected chi connectivity index (χ0v) is 17.4. The van der Waals surface area contributed by atoms with Crippen molar-refractivity contribution in [2.45, 2.75) is 95.5 Å². The van der Waals surface area contributed by atoms with E-state index in [2.05, 4.69) is 22.3 Å². The molecule has 27 heavy (non-hydrogen) atoms. The highest BCUT2D eigenvalue weighted by Crippen LogP contribution is 2.44. The van der Waals surface area contributed by atoms with Crippen LogP contribution in [0.2, 0.25) is 5.02 Å². The number of rotatable bonds is 4. The molecule has 0 aromatic heterocycles. The van der Waals surface area contributed by atoms with Crippen molar-refractivity contribution >= 4 is 17.7 Å². The Morgan fingerprint density at radius 3 is 2.70 bits per heavy atom. The van der Waals surface area contributed by atoms with Gasteiger partial charge >= 0.3 is 6.09 Å². The van der Waals surface area contributed by atoms with Crippen LogP contribution < -0.4 is 5.32 Å². The number of halogens is 1. The Morgan fingerprint density at radius 1 is 1.26 bits per heavy atom. The highest BCUT2D eigenvalue weighted by Gasteiger charge is 2.47. The van der Waals surface area contributed by atoms with Gasteiger partial charge in [-0.05, 0) is 76.0 Å². The van der Waals surface area contributed by atoms with E-state index in [1.807, 2.05) is 26.8 Å². The maximum atomic E-state index is 12.2. The fourth-order valence-corrected chi connectivity index (χ4v) is 5.38. The van der Waals surface area contributed by atoms with Crippen LogP contribution in [-0.2, 0) is 11.3 Å². The van der Waals surface area contributed by atoms with E-state index < -0.39 is 5.60 Å². The summed E-state index contributed by atoms with van der Waals surface area (Å²) >= 11 is 6.58. The normalized spacial score (nSPS) is 28.2. The molecule has 148 valence electrons. The van der Waals surface area contributed by atoms with E-state index in [4.69, 9.17) is 16.3 Å². The second kappa shape index (κ2) is 7.29. The quantitative estimate of drug-likeness (QED) is 0.764. The Morgan fingerprint density at radius 2 is 2.04 bits per heavy atom. The lowest BCUT2D eigenvalue weighted by molar-refractivity contribution is 0.0491. The van der Waals surface area contributed by atoms with Crippen LogP contribution in [-0.4, -0.2) is 34.7 Å². The average Bonchev–Trinajstić information content (AvgIpc) is 3.03. The summed E-state index contributed by atoms with van der Waals surface area (Å²) < 4.78 is 5.46. The zero-order chi connectivity index (χ0) is 19.2. The monoisotopic (exact) mass is 390 g/mol. The fraction of sp³-hybridized carbons (Fsp3) is 0.682. The number of alkyl carbamates (subject to hydrolysis) is 1. The second-order valence-corrected chi connectivity index (χ2v) is 9.81. The minimum Gasteiger partial charge on any atom is -0.444 e.